The SMILES string of the molecule is c1ccc(-c2nc3ccc4oc5ccc6ccc(-c7nc(-c8ccc9ccccc9c8)nc(-c8ccc9c(c8)oc8ccccc89)n7)cc6c5c4c3o2)cc1. The lowest BCUT2D eigenvalue weighted by Gasteiger charge is -2.10. The van der Waals surface area contributed by atoms with Crippen LogP contribution in [0.1, 0.15) is 0 Å². The normalized spacial score (nSPS) is 12.0. The van der Waals surface area contributed by atoms with E-state index in [-0.39, 0.29) is 0 Å². The summed E-state index contributed by atoms with van der Waals surface area (Å²) < 4.78 is 19.2. The molecule has 0 unspecified atom stereocenters. The van der Waals surface area contributed by atoms with Crippen LogP contribution in [0.4, 0.5) is 0 Å². The molecule has 0 aliphatic heterocycles. The zero-order valence-electron chi connectivity index (χ0n) is 29.0. The number of benzene rings is 8. The average molecular weight is 707 g/mol. The first-order chi connectivity index (χ1) is 27.2. The van der Waals surface area contributed by atoms with Crippen LogP contribution in [0.15, 0.2) is 171 Å². The number of fused-ring (bicyclic) bond motifs is 11. The molecule has 7 nitrogen and oxygen atoms in total. The fraction of sp³-hybridized carbons (Fsp3) is 0. The maximum atomic E-state index is 6.50. The average Bonchev–Trinajstić information content (AvgIpc) is 3.96. The molecular formula is C48H26N4O3. The smallest absolute Gasteiger partial charge is 0.227 e. The Morgan fingerprint density at radius 3 is 1.80 bits per heavy atom. The molecule has 0 N–H and O–H groups in total. The molecule has 0 spiro atoms. The predicted molar refractivity (Wildman–Crippen MR) is 219 cm³/mol. The summed E-state index contributed by atoms with van der Waals surface area (Å²) in [7, 11) is 0. The molecule has 0 saturated heterocycles. The fourth-order valence-corrected chi connectivity index (χ4v) is 7.86. The van der Waals surface area contributed by atoms with E-state index in [0.29, 0.717) is 28.9 Å². The third kappa shape index (κ3) is 4.70. The number of oxazole rings is 1. The topological polar surface area (TPSA) is 91.0 Å². The van der Waals surface area contributed by atoms with Crippen molar-refractivity contribution in [3.63, 3.8) is 0 Å². The highest BCUT2D eigenvalue weighted by molar-refractivity contribution is 6.25. The van der Waals surface area contributed by atoms with Gasteiger partial charge in [0.15, 0.2) is 23.1 Å². The van der Waals surface area contributed by atoms with Crippen LogP contribution in [0.25, 0.3) is 122 Å². The molecular weight excluding hydrogens is 681 g/mol. The zero-order valence-corrected chi connectivity index (χ0v) is 29.0. The second-order valence-electron chi connectivity index (χ2n) is 13.8. The van der Waals surface area contributed by atoms with Crippen molar-refractivity contribution in [3.05, 3.63) is 158 Å². The first-order valence-electron chi connectivity index (χ1n) is 18.1. The minimum absolute atomic E-state index is 0.555. The van der Waals surface area contributed by atoms with Crippen LogP contribution in [-0.4, -0.2) is 19.9 Å². The number of rotatable bonds is 4. The van der Waals surface area contributed by atoms with Crippen molar-refractivity contribution < 1.29 is 13.3 Å². The van der Waals surface area contributed by atoms with Crippen molar-refractivity contribution in [1.82, 2.24) is 19.9 Å². The highest BCUT2D eigenvalue weighted by atomic mass is 16.4. The number of nitrogens with zero attached hydrogens (tertiary/aromatic N) is 4. The Labute approximate surface area is 312 Å². The van der Waals surface area contributed by atoms with E-state index in [0.717, 1.165) is 93.2 Å². The summed E-state index contributed by atoms with van der Waals surface area (Å²) in [5.41, 5.74) is 8.08. The minimum Gasteiger partial charge on any atom is -0.456 e. The predicted octanol–water partition coefficient (Wildman–Crippen LogP) is 12.8. The van der Waals surface area contributed by atoms with Gasteiger partial charge in [0, 0.05) is 38.4 Å². The summed E-state index contributed by atoms with van der Waals surface area (Å²) in [6.45, 7) is 0. The molecule has 0 aliphatic rings. The van der Waals surface area contributed by atoms with Gasteiger partial charge in [-0.2, -0.15) is 0 Å². The van der Waals surface area contributed by atoms with Crippen LogP contribution in [0.3, 0.4) is 0 Å². The molecule has 0 bridgehead atoms. The molecule has 4 heterocycles. The van der Waals surface area contributed by atoms with Gasteiger partial charge in [0.2, 0.25) is 5.89 Å². The second kappa shape index (κ2) is 11.4. The first-order valence-corrected chi connectivity index (χ1v) is 18.1. The summed E-state index contributed by atoms with van der Waals surface area (Å²) in [4.78, 5) is 20.2. The number of hydrogen-bond acceptors (Lipinski definition) is 7. The monoisotopic (exact) mass is 706 g/mol. The third-order valence-corrected chi connectivity index (χ3v) is 10.5. The highest BCUT2D eigenvalue weighted by Gasteiger charge is 2.20. The lowest BCUT2D eigenvalue weighted by atomic mass is 10.0. The molecule has 0 radical (unpaired) electrons. The maximum Gasteiger partial charge on any atom is 0.227 e. The van der Waals surface area contributed by atoms with E-state index in [9.17, 15) is 0 Å². The summed E-state index contributed by atoms with van der Waals surface area (Å²) in [6, 6.07) is 53.2. The second-order valence-corrected chi connectivity index (χ2v) is 13.8. The first kappa shape index (κ1) is 29.9. The molecule has 7 heteroatoms. The van der Waals surface area contributed by atoms with E-state index >= 15 is 0 Å². The van der Waals surface area contributed by atoms with Gasteiger partial charge < -0.3 is 13.3 Å². The third-order valence-electron chi connectivity index (χ3n) is 10.5. The van der Waals surface area contributed by atoms with Crippen LogP contribution in [0.5, 0.6) is 0 Å². The van der Waals surface area contributed by atoms with Gasteiger partial charge in [-0.1, -0.05) is 97.1 Å². The standard InChI is InChI=1S/C48H26N4O3/c1-2-9-29(10-3-1)48-49-37-21-23-40-43(44(37)55-48)42-36-25-32(17-15-28(36)19-22-39(42)54-40)46-50-45(31-16-14-27-8-4-5-11-30(27)24-31)51-47(52-46)33-18-20-35-34-12-6-7-13-38(34)53-41(35)26-33/h1-26H. The quantitative estimate of drug-likeness (QED) is 0.180. The maximum absolute atomic E-state index is 6.50. The lowest BCUT2D eigenvalue weighted by molar-refractivity contribution is 0.622. The van der Waals surface area contributed by atoms with Crippen LogP contribution < -0.4 is 0 Å². The van der Waals surface area contributed by atoms with Crippen molar-refractivity contribution in [3.8, 4) is 45.6 Å². The van der Waals surface area contributed by atoms with E-state index < -0.39 is 0 Å². The summed E-state index contributed by atoms with van der Waals surface area (Å²) in [5, 5.41) is 8.28. The molecule has 0 amide bonds. The Bertz CT molecular complexity index is 3510. The van der Waals surface area contributed by atoms with Crippen LogP contribution in [-0.2, 0) is 0 Å². The molecule has 8 aromatic carbocycles. The fourth-order valence-electron chi connectivity index (χ4n) is 7.86. The molecule has 55 heavy (non-hydrogen) atoms. The van der Waals surface area contributed by atoms with Gasteiger partial charge in [0.1, 0.15) is 27.8 Å². The summed E-state index contributed by atoms with van der Waals surface area (Å²) >= 11 is 0. The van der Waals surface area contributed by atoms with Gasteiger partial charge in [-0.15, -0.1) is 0 Å². The van der Waals surface area contributed by atoms with Crippen molar-refractivity contribution in [2.75, 3.05) is 0 Å². The number of aromatic nitrogens is 4. The molecule has 12 aromatic rings. The Morgan fingerprint density at radius 1 is 0.327 bits per heavy atom. The van der Waals surface area contributed by atoms with Gasteiger partial charge >= 0.3 is 0 Å². The van der Waals surface area contributed by atoms with Gasteiger partial charge in [0.25, 0.3) is 0 Å². The number of hydrogen-bond donors (Lipinski definition) is 0. The Kier molecular flexibility index (Phi) is 6.21. The van der Waals surface area contributed by atoms with Crippen molar-refractivity contribution in [2.24, 2.45) is 0 Å². The molecule has 0 aliphatic carbocycles. The summed E-state index contributed by atoms with van der Waals surface area (Å²) in [6.07, 6.45) is 0. The van der Waals surface area contributed by atoms with Gasteiger partial charge in [0.05, 0.1) is 5.39 Å². The molecule has 256 valence electrons. The number of furan rings is 2. The zero-order chi connectivity index (χ0) is 36.0. The van der Waals surface area contributed by atoms with Gasteiger partial charge in [-0.3, -0.25) is 0 Å². The van der Waals surface area contributed by atoms with Crippen LogP contribution in [0.2, 0.25) is 0 Å². The lowest BCUT2D eigenvalue weighted by Crippen LogP contribution is -2.00. The van der Waals surface area contributed by atoms with Crippen molar-refractivity contribution in [1.29, 1.82) is 0 Å². The van der Waals surface area contributed by atoms with E-state index in [2.05, 4.69) is 72.8 Å². The van der Waals surface area contributed by atoms with Crippen molar-refractivity contribution in [2.45, 2.75) is 0 Å². The molecule has 0 atom stereocenters. The molecule has 0 saturated carbocycles. The Morgan fingerprint density at radius 2 is 0.945 bits per heavy atom. The number of para-hydroxylation sites is 1. The Hall–Kier alpha value is -7.64. The molecule has 12 rings (SSSR count). The van der Waals surface area contributed by atoms with Gasteiger partial charge in [-0.05, 0) is 82.2 Å². The van der Waals surface area contributed by atoms with E-state index in [1.807, 2.05) is 84.9 Å². The molecule has 4 aromatic heterocycles. The Balaban J connectivity index is 1.08. The highest BCUT2D eigenvalue weighted by Crippen LogP contribution is 2.41. The van der Waals surface area contributed by atoms with Crippen LogP contribution in [0, 0.1) is 0 Å². The van der Waals surface area contributed by atoms with Crippen LogP contribution >= 0.6 is 0 Å². The van der Waals surface area contributed by atoms with E-state index in [4.69, 9.17) is 33.2 Å². The minimum atomic E-state index is 0.555. The van der Waals surface area contributed by atoms with Crippen molar-refractivity contribution >= 4 is 76.5 Å². The summed E-state index contributed by atoms with van der Waals surface area (Å²) in [5.74, 6) is 2.26. The van der Waals surface area contributed by atoms with E-state index in [1.54, 1.807) is 0 Å². The van der Waals surface area contributed by atoms with E-state index in [1.165, 1.54) is 0 Å². The molecule has 0 fully saturated rings. The largest absolute Gasteiger partial charge is 0.456 e. The van der Waals surface area contributed by atoms with Gasteiger partial charge in [-0.25, -0.2) is 19.9 Å².